The Morgan fingerprint density at radius 3 is 2.48 bits per heavy atom. The molecule has 2 aromatic carbocycles. The van der Waals surface area contributed by atoms with E-state index < -0.39 is 0 Å². The summed E-state index contributed by atoms with van der Waals surface area (Å²) in [6.45, 7) is 8.26. The standard InChI is InChI=1S/C19H23N3O/c1-4-16-8-10-17(11-9-16)15(3)21-22-19(23)13-20-18-7-5-6-14(2)12-18/h5-12,20-21H,3-4,13H2,1-2H3,(H,22,23). The molecule has 0 heterocycles. The minimum absolute atomic E-state index is 0.155. The number of hydrogen-bond donors (Lipinski definition) is 3. The Hall–Kier alpha value is -2.75. The maximum absolute atomic E-state index is 11.9. The van der Waals surface area contributed by atoms with Crippen LogP contribution in [-0.4, -0.2) is 12.5 Å². The van der Waals surface area contributed by atoms with Gasteiger partial charge >= 0.3 is 0 Å². The fraction of sp³-hybridized carbons (Fsp3) is 0.211. The van der Waals surface area contributed by atoms with Gasteiger partial charge in [-0.25, -0.2) is 0 Å². The van der Waals surface area contributed by atoms with Crippen LogP contribution >= 0.6 is 0 Å². The second-order valence-electron chi connectivity index (χ2n) is 5.43. The molecule has 4 nitrogen and oxygen atoms in total. The fourth-order valence-electron chi connectivity index (χ4n) is 2.14. The highest BCUT2D eigenvalue weighted by molar-refractivity contribution is 5.81. The van der Waals surface area contributed by atoms with Crippen LogP contribution in [0, 0.1) is 6.92 Å². The molecular formula is C19H23N3O. The highest BCUT2D eigenvalue weighted by Gasteiger charge is 2.03. The zero-order valence-electron chi connectivity index (χ0n) is 13.6. The Morgan fingerprint density at radius 1 is 1.09 bits per heavy atom. The van der Waals surface area contributed by atoms with Crippen LogP contribution in [0.4, 0.5) is 5.69 Å². The molecule has 4 heteroatoms. The van der Waals surface area contributed by atoms with Crippen LogP contribution in [-0.2, 0) is 11.2 Å². The van der Waals surface area contributed by atoms with E-state index in [1.165, 1.54) is 5.56 Å². The van der Waals surface area contributed by atoms with Gasteiger partial charge in [-0.05, 0) is 42.2 Å². The molecule has 0 fully saturated rings. The number of anilines is 1. The molecule has 0 aliphatic carbocycles. The van der Waals surface area contributed by atoms with E-state index in [0.29, 0.717) is 5.70 Å². The van der Waals surface area contributed by atoms with Crippen molar-refractivity contribution >= 4 is 17.3 Å². The van der Waals surface area contributed by atoms with E-state index in [1.807, 2.05) is 43.3 Å². The second-order valence-corrected chi connectivity index (χ2v) is 5.43. The molecule has 23 heavy (non-hydrogen) atoms. The third kappa shape index (κ3) is 5.18. The summed E-state index contributed by atoms with van der Waals surface area (Å²) >= 11 is 0. The van der Waals surface area contributed by atoms with Crippen molar-refractivity contribution in [2.75, 3.05) is 11.9 Å². The molecule has 0 saturated carbocycles. The maximum Gasteiger partial charge on any atom is 0.257 e. The van der Waals surface area contributed by atoms with Crippen molar-refractivity contribution in [3.8, 4) is 0 Å². The van der Waals surface area contributed by atoms with Gasteiger partial charge in [0.1, 0.15) is 0 Å². The Kier molecular flexibility index (Phi) is 5.80. The minimum Gasteiger partial charge on any atom is -0.376 e. The van der Waals surface area contributed by atoms with Crippen LogP contribution in [0.15, 0.2) is 55.1 Å². The van der Waals surface area contributed by atoms with Gasteiger partial charge in [-0.3, -0.25) is 15.6 Å². The van der Waals surface area contributed by atoms with Gasteiger partial charge in [0.15, 0.2) is 0 Å². The third-order valence-corrected chi connectivity index (χ3v) is 3.53. The number of nitrogens with one attached hydrogen (secondary N) is 3. The smallest absolute Gasteiger partial charge is 0.257 e. The summed E-state index contributed by atoms with van der Waals surface area (Å²) in [5, 5.41) is 3.08. The highest BCUT2D eigenvalue weighted by atomic mass is 16.2. The largest absolute Gasteiger partial charge is 0.376 e. The zero-order valence-corrected chi connectivity index (χ0v) is 13.6. The van der Waals surface area contributed by atoms with Crippen molar-refractivity contribution in [2.45, 2.75) is 20.3 Å². The fourth-order valence-corrected chi connectivity index (χ4v) is 2.14. The van der Waals surface area contributed by atoms with Crippen molar-refractivity contribution in [1.82, 2.24) is 10.9 Å². The summed E-state index contributed by atoms with van der Waals surface area (Å²) < 4.78 is 0. The molecule has 0 atom stereocenters. The van der Waals surface area contributed by atoms with E-state index in [2.05, 4.69) is 41.8 Å². The van der Waals surface area contributed by atoms with Gasteiger partial charge in [-0.2, -0.15) is 0 Å². The average Bonchev–Trinajstić information content (AvgIpc) is 2.58. The molecule has 3 N–H and O–H groups in total. The van der Waals surface area contributed by atoms with Crippen molar-refractivity contribution in [2.24, 2.45) is 0 Å². The monoisotopic (exact) mass is 309 g/mol. The molecule has 0 saturated heterocycles. The molecule has 0 aliphatic rings. The van der Waals surface area contributed by atoms with Gasteiger partial charge in [0.25, 0.3) is 5.91 Å². The number of aryl methyl sites for hydroxylation is 2. The van der Waals surface area contributed by atoms with E-state index >= 15 is 0 Å². The number of carbonyl (C=O) groups is 1. The first-order chi connectivity index (χ1) is 11.1. The van der Waals surface area contributed by atoms with Crippen LogP contribution in [0.5, 0.6) is 0 Å². The van der Waals surface area contributed by atoms with Gasteiger partial charge in [0.2, 0.25) is 0 Å². The molecule has 0 radical (unpaired) electrons. The lowest BCUT2D eigenvalue weighted by atomic mass is 10.1. The van der Waals surface area contributed by atoms with Gasteiger partial charge < -0.3 is 5.32 Å². The highest BCUT2D eigenvalue weighted by Crippen LogP contribution is 2.11. The minimum atomic E-state index is -0.155. The molecule has 2 rings (SSSR count). The normalized spacial score (nSPS) is 10.0. The SMILES string of the molecule is C=C(NNC(=O)CNc1cccc(C)c1)c1ccc(CC)cc1. The topological polar surface area (TPSA) is 53.2 Å². The van der Waals surface area contributed by atoms with Gasteiger partial charge in [0, 0.05) is 5.69 Å². The Balaban J connectivity index is 1.78. The van der Waals surface area contributed by atoms with E-state index in [-0.39, 0.29) is 12.5 Å². The van der Waals surface area contributed by atoms with E-state index in [9.17, 15) is 4.79 Å². The van der Waals surface area contributed by atoms with Crippen LogP contribution in [0.1, 0.15) is 23.6 Å². The third-order valence-electron chi connectivity index (χ3n) is 3.53. The second kappa shape index (κ2) is 8.03. The zero-order chi connectivity index (χ0) is 16.7. The first-order valence-corrected chi connectivity index (χ1v) is 7.72. The Morgan fingerprint density at radius 2 is 1.83 bits per heavy atom. The first kappa shape index (κ1) is 16.6. The van der Waals surface area contributed by atoms with Crippen LogP contribution in [0.3, 0.4) is 0 Å². The summed E-state index contributed by atoms with van der Waals surface area (Å²) in [4.78, 5) is 11.9. The van der Waals surface area contributed by atoms with Gasteiger partial charge in [-0.15, -0.1) is 0 Å². The number of amides is 1. The Bertz CT molecular complexity index is 677. The molecule has 0 spiro atoms. The summed E-state index contributed by atoms with van der Waals surface area (Å²) in [7, 11) is 0. The van der Waals surface area contributed by atoms with Gasteiger partial charge in [-0.1, -0.05) is 49.9 Å². The van der Waals surface area contributed by atoms with E-state index in [4.69, 9.17) is 0 Å². The summed E-state index contributed by atoms with van der Waals surface area (Å²) in [6.07, 6.45) is 1.00. The lowest BCUT2D eigenvalue weighted by molar-refractivity contribution is -0.120. The lowest BCUT2D eigenvalue weighted by Gasteiger charge is -2.12. The Labute approximate surface area is 137 Å². The molecule has 120 valence electrons. The first-order valence-electron chi connectivity index (χ1n) is 7.72. The van der Waals surface area contributed by atoms with Crippen molar-refractivity contribution in [1.29, 1.82) is 0 Å². The summed E-state index contributed by atoms with van der Waals surface area (Å²) in [6, 6.07) is 16.0. The number of carbonyl (C=O) groups excluding carboxylic acids is 1. The van der Waals surface area contributed by atoms with Crippen LogP contribution in [0.25, 0.3) is 5.70 Å². The predicted molar refractivity (Wildman–Crippen MR) is 95.8 cm³/mol. The van der Waals surface area contributed by atoms with Crippen molar-refractivity contribution < 1.29 is 4.79 Å². The van der Waals surface area contributed by atoms with Crippen molar-refractivity contribution in [3.05, 3.63) is 71.8 Å². The molecule has 0 unspecified atom stereocenters. The lowest BCUT2D eigenvalue weighted by Crippen LogP contribution is -2.39. The summed E-state index contributed by atoms with van der Waals surface area (Å²) in [5.74, 6) is -0.155. The molecule has 1 amide bonds. The van der Waals surface area contributed by atoms with Crippen molar-refractivity contribution in [3.63, 3.8) is 0 Å². The number of hydrazine groups is 1. The van der Waals surface area contributed by atoms with Gasteiger partial charge in [0.05, 0.1) is 12.2 Å². The predicted octanol–water partition coefficient (Wildman–Crippen LogP) is 3.26. The molecular weight excluding hydrogens is 286 g/mol. The number of rotatable bonds is 7. The maximum atomic E-state index is 11.9. The summed E-state index contributed by atoms with van der Waals surface area (Å²) in [5.41, 5.74) is 10.5. The molecule has 0 aliphatic heterocycles. The molecule has 2 aromatic rings. The number of hydrogen-bond acceptors (Lipinski definition) is 3. The van der Waals surface area contributed by atoms with E-state index in [0.717, 1.165) is 23.2 Å². The molecule has 0 aromatic heterocycles. The van der Waals surface area contributed by atoms with E-state index in [1.54, 1.807) is 0 Å². The van der Waals surface area contributed by atoms with Crippen LogP contribution in [0.2, 0.25) is 0 Å². The average molecular weight is 309 g/mol. The molecule has 0 bridgehead atoms. The van der Waals surface area contributed by atoms with Crippen LogP contribution < -0.4 is 16.2 Å². The number of benzene rings is 2. The quantitative estimate of drug-likeness (QED) is 0.688.